The van der Waals surface area contributed by atoms with E-state index in [1.54, 1.807) is 0 Å². The van der Waals surface area contributed by atoms with Crippen molar-refractivity contribution in [3.63, 3.8) is 0 Å². The van der Waals surface area contributed by atoms with Crippen LogP contribution in [0.3, 0.4) is 0 Å². The topological polar surface area (TPSA) is 171 Å². The molecule has 8 N–H and O–H groups in total. The summed E-state index contributed by atoms with van der Waals surface area (Å²) in [6.07, 6.45) is 45.6. The molecule has 0 bridgehead atoms. The van der Waals surface area contributed by atoms with Gasteiger partial charge < -0.3 is 40.0 Å². The highest BCUT2D eigenvalue weighted by atomic mass is 31.2. The molecule has 0 radical (unpaired) electrons. The van der Waals surface area contributed by atoms with Gasteiger partial charge >= 0.3 is 17.2 Å². The molecule has 0 saturated carbocycles. The second kappa shape index (κ2) is 41.0. The van der Waals surface area contributed by atoms with Gasteiger partial charge in [0.25, 0.3) is 0 Å². The summed E-state index contributed by atoms with van der Waals surface area (Å²) < 4.78 is 3.60. The van der Waals surface area contributed by atoms with Crippen molar-refractivity contribution in [3.8, 4) is 0 Å². The normalized spacial score (nSPS) is 12.1. The molecule has 0 fully saturated rings. The van der Waals surface area contributed by atoms with E-state index in [-0.39, 0.29) is 0 Å². The molecule has 0 aliphatic carbocycles. The van der Waals surface area contributed by atoms with E-state index in [0.717, 1.165) is 25.7 Å². The first kappa shape index (κ1) is 61.0. The van der Waals surface area contributed by atoms with E-state index >= 15 is 0 Å². The molecule has 64 heavy (non-hydrogen) atoms. The molecular formula is C53H96O9P2. The quantitative estimate of drug-likeness (QED) is 0.0238. The van der Waals surface area contributed by atoms with Crippen molar-refractivity contribution in [2.75, 3.05) is 19.8 Å². The smallest absolute Gasteiger partial charge is 0.334 e. The Morgan fingerprint density at radius 3 is 0.766 bits per heavy atom. The Morgan fingerprint density at radius 1 is 0.359 bits per heavy atom. The largest absolute Gasteiger partial charge is 0.395 e. The van der Waals surface area contributed by atoms with Crippen LogP contribution in [-0.4, -0.2) is 59.8 Å². The van der Waals surface area contributed by atoms with Crippen LogP contribution in [0.4, 0.5) is 0 Å². The van der Waals surface area contributed by atoms with Gasteiger partial charge in [0.15, 0.2) is 0 Å². The zero-order valence-electron chi connectivity index (χ0n) is 40.7. The third-order valence-electron chi connectivity index (χ3n) is 13.2. The van der Waals surface area contributed by atoms with E-state index in [1.807, 2.05) is 24.3 Å². The van der Waals surface area contributed by atoms with Gasteiger partial charge in [-0.25, -0.2) is 4.31 Å². The van der Waals surface area contributed by atoms with Crippen LogP contribution in [0.25, 0.3) is 0 Å². The van der Waals surface area contributed by atoms with Crippen LogP contribution in [-0.2, 0) is 22.8 Å². The van der Waals surface area contributed by atoms with Gasteiger partial charge in [0.1, 0.15) is 5.60 Å². The predicted molar refractivity (Wildman–Crippen MR) is 270 cm³/mol. The van der Waals surface area contributed by atoms with E-state index in [1.165, 1.54) is 204 Å². The van der Waals surface area contributed by atoms with Crippen molar-refractivity contribution in [2.24, 2.45) is 5.41 Å². The standard InChI is InChI=1S/C53H92O4.H4O5P2/c1-3-5-7-9-11-13-15-17-19-21-23-25-27-29-31-33-35-48-37-41-50(42-38-48)53(57,52(45-54,46-55)47-56)51-43-39-49(40-44-51)36-34-32-30-28-26-24-22-20-18-16-14-12-10-8-6-4-2;1-6(2)5-7(3)4/h37-44,54-57H,3-36,45-47H2,1-2H3;1-4H. The molecular weight excluding hydrogens is 843 g/mol. The Hall–Kier alpha value is -1.06. The summed E-state index contributed by atoms with van der Waals surface area (Å²) in [5.74, 6) is 0. The van der Waals surface area contributed by atoms with Crippen LogP contribution < -0.4 is 0 Å². The minimum absolute atomic E-state index is 0.543. The monoisotopic (exact) mass is 939 g/mol. The minimum Gasteiger partial charge on any atom is -0.395 e. The van der Waals surface area contributed by atoms with Gasteiger partial charge in [-0.3, -0.25) is 0 Å². The molecule has 0 aliphatic rings. The van der Waals surface area contributed by atoms with Gasteiger partial charge in [-0.05, 0) is 47.9 Å². The van der Waals surface area contributed by atoms with Gasteiger partial charge in [-0.15, -0.1) is 0 Å². The van der Waals surface area contributed by atoms with Crippen molar-refractivity contribution in [2.45, 2.75) is 238 Å². The highest BCUT2D eigenvalue weighted by Crippen LogP contribution is 2.45. The first-order chi connectivity index (χ1) is 31.1. The molecule has 0 unspecified atom stereocenters. The van der Waals surface area contributed by atoms with Crippen molar-refractivity contribution < 1.29 is 44.3 Å². The van der Waals surface area contributed by atoms with Crippen molar-refractivity contribution in [3.05, 3.63) is 70.8 Å². The second-order valence-electron chi connectivity index (χ2n) is 18.6. The maximum Gasteiger partial charge on any atom is 0.334 e. The fourth-order valence-electron chi connectivity index (χ4n) is 8.92. The summed E-state index contributed by atoms with van der Waals surface area (Å²) in [7, 11) is -5.22. The highest BCUT2D eigenvalue weighted by molar-refractivity contribution is 7.53. The van der Waals surface area contributed by atoms with Crippen LogP contribution in [0.1, 0.15) is 242 Å². The first-order valence-electron chi connectivity index (χ1n) is 25.9. The Bertz CT molecular complexity index is 1200. The van der Waals surface area contributed by atoms with Crippen LogP contribution in [0.15, 0.2) is 48.5 Å². The SMILES string of the molecule is CCCCCCCCCCCCCCCCCCc1ccc(C(O)(c2ccc(CCCCCCCCCCCCCCCCCC)cc2)C(CO)(CO)CO)cc1.OP(O)OP(O)O. The number of rotatable bonds is 42. The molecule has 0 spiro atoms. The number of hydrogen-bond donors (Lipinski definition) is 8. The predicted octanol–water partition coefficient (Wildman–Crippen LogP) is 13.9. The summed E-state index contributed by atoms with van der Waals surface area (Å²) >= 11 is 0. The summed E-state index contributed by atoms with van der Waals surface area (Å²) in [5, 5.41) is 43.9. The molecule has 0 aliphatic heterocycles. The highest BCUT2D eigenvalue weighted by Gasteiger charge is 2.52. The Balaban J connectivity index is 0.00000269. The van der Waals surface area contributed by atoms with Crippen molar-refractivity contribution >= 4 is 17.2 Å². The molecule has 0 aromatic heterocycles. The van der Waals surface area contributed by atoms with E-state index in [9.17, 15) is 20.4 Å². The summed E-state index contributed by atoms with van der Waals surface area (Å²) in [6, 6.07) is 15.9. The number of aliphatic hydroxyl groups excluding tert-OH is 3. The number of unbranched alkanes of at least 4 members (excludes halogenated alkanes) is 30. The maximum atomic E-state index is 12.4. The lowest BCUT2D eigenvalue weighted by atomic mass is 9.65. The molecule has 9 nitrogen and oxygen atoms in total. The molecule has 2 rings (SSSR count). The molecule has 372 valence electrons. The summed E-state index contributed by atoms with van der Waals surface area (Å²) in [6.45, 7) is 2.94. The van der Waals surface area contributed by atoms with Crippen LogP contribution in [0, 0.1) is 5.41 Å². The van der Waals surface area contributed by atoms with Gasteiger partial charge in [-0.2, -0.15) is 0 Å². The zero-order valence-corrected chi connectivity index (χ0v) is 42.5. The molecule has 11 heteroatoms. The molecule has 2 aromatic carbocycles. The number of hydrogen-bond acceptors (Lipinski definition) is 9. The Morgan fingerprint density at radius 2 is 0.578 bits per heavy atom. The van der Waals surface area contributed by atoms with Gasteiger partial charge in [0.05, 0.1) is 25.2 Å². The van der Waals surface area contributed by atoms with Crippen molar-refractivity contribution in [1.82, 2.24) is 0 Å². The zero-order chi connectivity index (χ0) is 47.0. The van der Waals surface area contributed by atoms with E-state index < -0.39 is 48.0 Å². The first-order valence-corrected chi connectivity index (χ1v) is 28.2. The molecule has 2 aromatic rings. The van der Waals surface area contributed by atoms with Gasteiger partial charge in [0, 0.05) is 0 Å². The van der Waals surface area contributed by atoms with Crippen LogP contribution in [0.5, 0.6) is 0 Å². The van der Waals surface area contributed by atoms with Gasteiger partial charge in [0.2, 0.25) is 0 Å². The fraction of sp³-hybridized carbons (Fsp3) is 0.774. The van der Waals surface area contributed by atoms with E-state index in [4.69, 9.17) is 19.6 Å². The lowest BCUT2D eigenvalue weighted by molar-refractivity contribution is -0.136. The van der Waals surface area contributed by atoms with Crippen LogP contribution >= 0.6 is 17.2 Å². The Kier molecular flexibility index (Phi) is 39.0. The third-order valence-corrected chi connectivity index (χ3v) is 14.4. The number of aryl methyl sites for hydroxylation is 2. The second-order valence-corrected chi connectivity index (χ2v) is 20.2. The number of benzene rings is 2. The average molecular weight is 939 g/mol. The minimum atomic E-state index is -2.61. The number of aliphatic hydroxyl groups is 4. The van der Waals surface area contributed by atoms with Gasteiger partial charge in [-0.1, -0.05) is 255 Å². The lowest BCUT2D eigenvalue weighted by Crippen LogP contribution is -2.54. The molecule has 0 heterocycles. The molecule has 0 saturated heterocycles. The van der Waals surface area contributed by atoms with Crippen LogP contribution in [0.2, 0.25) is 0 Å². The van der Waals surface area contributed by atoms with Crippen molar-refractivity contribution in [1.29, 1.82) is 0 Å². The molecule has 0 amide bonds. The average Bonchev–Trinajstić information content (AvgIpc) is 3.29. The lowest BCUT2D eigenvalue weighted by Gasteiger charge is -2.45. The van der Waals surface area contributed by atoms with E-state index in [0.29, 0.717) is 11.1 Å². The maximum absolute atomic E-state index is 12.4. The molecule has 0 atom stereocenters. The fourth-order valence-corrected chi connectivity index (χ4v) is 9.44. The summed E-state index contributed by atoms with van der Waals surface area (Å²) in [4.78, 5) is 31.3. The third kappa shape index (κ3) is 27.7. The van der Waals surface area contributed by atoms with E-state index in [2.05, 4.69) is 42.4 Å². The Labute approximate surface area is 393 Å². The summed E-state index contributed by atoms with van der Waals surface area (Å²) in [5.41, 5.74) is 0.344.